The van der Waals surface area contributed by atoms with Gasteiger partial charge < -0.3 is 20.3 Å². The second-order valence-corrected chi connectivity index (χ2v) is 4.41. The molecule has 1 amide bonds. The van der Waals surface area contributed by atoms with Crippen LogP contribution in [0.25, 0.3) is 0 Å². The first-order valence-electron chi connectivity index (χ1n) is 6.11. The second-order valence-electron chi connectivity index (χ2n) is 4.41. The molecule has 1 rings (SSSR count). The first kappa shape index (κ1) is 15.0. The number of nitrogen functional groups attached to an aromatic ring is 1. The van der Waals surface area contributed by atoms with Crippen LogP contribution < -0.4 is 15.4 Å². The number of carbonyl (C=O) groups excluding carboxylic acids is 1. The molecule has 0 spiro atoms. The summed E-state index contributed by atoms with van der Waals surface area (Å²) in [5.41, 5.74) is 6.31. The van der Waals surface area contributed by atoms with Crippen LogP contribution in [0.2, 0.25) is 0 Å². The molecule has 2 N–H and O–H groups in total. The van der Waals surface area contributed by atoms with Gasteiger partial charge in [-0.25, -0.2) is 4.98 Å². The number of hydrogen-bond acceptors (Lipinski definition) is 6. The minimum absolute atomic E-state index is 0.0310. The van der Waals surface area contributed by atoms with E-state index in [1.54, 1.807) is 26.0 Å². The summed E-state index contributed by atoms with van der Waals surface area (Å²) in [6, 6.07) is 0. The van der Waals surface area contributed by atoms with Crippen LogP contribution in [0.5, 0.6) is 5.88 Å². The summed E-state index contributed by atoms with van der Waals surface area (Å²) in [4.78, 5) is 22.9. The molecule has 0 radical (unpaired) electrons. The lowest BCUT2D eigenvalue weighted by Gasteiger charge is -2.21. The first-order chi connectivity index (χ1) is 8.97. The Morgan fingerprint density at radius 1 is 1.37 bits per heavy atom. The van der Waals surface area contributed by atoms with E-state index in [1.807, 2.05) is 6.92 Å². The summed E-state index contributed by atoms with van der Waals surface area (Å²) in [7, 11) is 5.16. The molecular formula is C12H21N5O2. The smallest absolute Gasteiger partial charge is 0.242 e. The van der Waals surface area contributed by atoms with E-state index < -0.39 is 0 Å². The number of rotatable bonds is 6. The molecule has 0 saturated heterocycles. The molecule has 7 nitrogen and oxygen atoms in total. The SMILES string of the molecule is CCCOc1ncnc(N(C)CC(=O)N(C)C)c1N. The van der Waals surface area contributed by atoms with E-state index in [9.17, 15) is 4.79 Å². The largest absolute Gasteiger partial charge is 0.476 e. The quantitative estimate of drug-likeness (QED) is 0.801. The maximum absolute atomic E-state index is 11.7. The monoisotopic (exact) mass is 267 g/mol. The van der Waals surface area contributed by atoms with Gasteiger partial charge in [0.1, 0.15) is 12.0 Å². The van der Waals surface area contributed by atoms with Crippen LogP contribution in [0, 0.1) is 0 Å². The number of aromatic nitrogens is 2. The van der Waals surface area contributed by atoms with Crippen molar-refractivity contribution in [1.29, 1.82) is 0 Å². The maximum atomic E-state index is 11.7. The average molecular weight is 267 g/mol. The second kappa shape index (κ2) is 6.77. The predicted molar refractivity (Wildman–Crippen MR) is 74.2 cm³/mol. The summed E-state index contributed by atoms with van der Waals surface area (Å²) in [6.07, 6.45) is 2.25. The minimum atomic E-state index is -0.0310. The fourth-order valence-electron chi connectivity index (χ4n) is 1.41. The van der Waals surface area contributed by atoms with Crippen LogP contribution in [0.15, 0.2) is 6.33 Å². The van der Waals surface area contributed by atoms with Crippen LogP contribution in [0.3, 0.4) is 0 Å². The van der Waals surface area contributed by atoms with Crippen LogP contribution in [-0.2, 0) is 4.79 Å². The predicted octanol–water partition coefficient (Wildman–Crippen LogP) is 0.372. The lowest BCUT2D eigenvalue weighted by molar-refractivity contribution is -0.127. The number of carbonyl (C=O) groups is 1. The van der Waals surface area contributed by atoms with Crippen LogP contribution >= 0.6 is 0 Å². The highest BCUT2D eigenvalue weighted by atomic mass is 16.5. The Labute approximate surface area is 113 Å². The number of amides is 1. The van der Waals surface area contributed by atoms with Gasteiger partial charge in [0.25, 0.3) is 0 Å². The Morgan fingerprint density at radius 2 is 2.05 bits per heavy atom. The zero-order valence-corrected chi connectivity index (χ0v) is 11.9. The molecule has 0 unspecified atom stereocenters. The molecule has 106 valence electrons. The van der Waals surface area contributed by atoms with Crippen molar-refractivity contribution in [3.8, 4) is 5.88 Å². The van der Waals surface area contributed by atoms with Gasteiger partial charge in [-0.15, -0.1) is 0 Å². The third-order valence-corrected chi connectivity index (χ3v) is 2.50. The molecule has 0 aliphatic rings. The Bertz CT molecular complexity index is 436. The normalized spacial score (nSPS) is 10.1. The molecule has 1 heterocycles. The van der Waals surface area contributed by atoms with Gasteiger partial charge >= 0.3 is 0 Å². The van der Waals surface area contributed by atoms with E-state index in [0.29, 0.717) is 24.0 Å². The number of ether oxygens (including phenoxy) is 1. The van der Waals surface area contributed by atoms with E-state index in [0.717, 1.165) is 6.42 Å². The number of anilines is 2. The highest BCUT2D eigenvalue weighted by molar-refractivity contribution is 5.82. The highest BCUT2D eigenvalue weighted by Gasteiger charge is 2.16. The van der Waals surface area contributed by atoms with Gasteiger partial charge in [0.15, 0.2) is 5.82 Å². The fraction of sp³-hybridized carbons (Fsp3) is 0.583. The summed E-state index contributed by atoms with van der Waals surface area (Å²) in [5.74, 6) is 0.823. The van der Waals surface area contributed by atoms with Gasteiger partial charge in [-0.05, 0) is 6.42 Å². The van der Waals surface area contributed by atoms with Crippen molar-refractivity contribution in [2.24, 2.45) is 0 Å². The number of nitrogens with two attached hydrogens (primary N) is 1. The topological polar surface area (TPSA) is 84.6 Å². The molecule has 7 heteroatoms. The van der Waals surface area contributed by atoms with E-state index >= 15 is 0 Å². The van der Waals surface area contributed by atoms with Gasteiger partial charge in [0.05, 0.1) is 13.2 Å². The molecule has 0 saturated carbocycles. The lowest BCUT2D eigenvalue weighted by Crippen LogP contribution is -2.35. The van der Waals surface area contributed by atoms with Gasteiger partial charge in [0.2, 0.25) is 11.8 Å². The minimum Gasteiger partial charge on any atom is -0.476 e. The van der Waals surface area contributed by atoms with Crippen molar-refractivity contribution in [2.45, 2.75) is 13.3 Å². The summed E-state index contributed by atoms with van der Waals surface area (Å²) >= 11 is 0. The molecule has 19 heavy (non-hydrogen) atoms. The van der Waals surface area contributed by atoms with E-state index in [-0.39, 0.29) is 12.5 Å². The van der Waals surface area contributed by atoms with Crippen LogP contribution in [0.1, 0.15) is 13.3 Å². The van der Waals surface area contributed by atoms with Crippen molar-refractivity contribution in [2.75, 3.05) is 44.9 Å². The van der Waals surface area contributed by atoms with E-state index in [4.69, 9.17) is 10.5 Å². The molecular weight excluding hydrogens is 246 g/mol. The molecule has 0 atom stereocenters. The Hall–Kier alpha value is -2.05. The maximum Gasteiger partial charge on any atom is 0.242 e. The molecule has 1 aromatic heterocycles. The molecule has 0 bridgehead atoms. The summed E-state index contributed by atoms with van der Waals surface area (Å²) in [5, 5.41) is 0. The third-order valence-electron chi connectivity index (χ3n) is 2.50. The Morgan fingerprint density at radius 3 is 2.63 bits per heavy atom. The average Bonchev–Trinajstić information content (AvgIpc) is 2.37. The van der Waals surface area contributed by atoms with Crippen molar-refractivity contribution in [3.63, 3.8) is 0 Å². The first-order valence-corrected chi connectivity index (χ1v) is 6.11. The Balaban J connectivity index is 2.85. The lowest BCUT2D eigenvalue weighted by atomic mass is 10.4. The fourth-order valence-corrected chi connectivity index (χ4v) is 1.41. The summed E-state index contributed by atoms with van der Waals surface area (Å²) in [6.45, 7) is 2.74. The van der Waals surface area contributed by atoms with E-state index in [2.05, 4.69) is 9.97 Å². The van der Waals surface area contributed by atoms with Crippen molar-refractivity contribution < 1.29 is 9.53 Å². The van der Waals surface area contributed by atoms with Crippen LogP contribution in [0.4, 0.5) is 11.5 Å². The number of likely N-dealkylation sites (N-methyl/N-ethyl adjacent to an activating group) is 2. The van der Waals surface area contributed by atoms with Crippen molar-refractivity contribution >= 4 is 17.4 Å². The molecule has 0 aromatic carbocycles. The van der Waals surface area contributed by atoms with Gasteiger partial charge in [-0.1, -0.05) is 6.92 Å². The number of nitrogens with zero attached hydrogens (tertiary/aromatic N) is 4. The zero-order chi connectivity index (χ0) is 14.4. The highest BCUT2D eigenvalue weighted by Crippen LogP contribution is 2.26. The third kappa shape index (κ3) is 3.97. The Kier molecular flexibility index (Phi) is 5.35. The van der Waals surface area contributed by atoms with Gasteiger partial charge in [-0.2, -0.15) is 4.98 Å². The molecule has 1 aromatic rings. The van der Waals surface area contributed by atoms with Crippen LogP contribution in [-0.4, -0.2) is 55.1 Å². The number of hydrogen-bond donors (Lipinski definition) is 1. The summed E-state index contributed by atoms with van der Waals surface area (Å²) < 4.78 is 5.43. The van der Waals surface area contributed by atoms with Crippen molar-refractivity contribution in [3.05, 3.63) is 6.33 Å². The van der Waals surface area contributed by atoms with Gasteiger partial charge in [-0.3, -0.25) is 4.79 Å². The standard InChI is InChI=1S/C12H21N5O2/c1-5-6-19-12-10(13)11(14-8-15-12)17(4)7-9(18)16(2)3/h8H,5-7,13H2,1-4H3. The zero-order valence-electron chi connectivity index (χ0n) is 11.9. The molecule has 0 aliphatic carbocycles. The molecule has 0 aliphatic heterocycles. The van der Waals surface area contributed by atoms with Gasteiger partial charge in [0, 0.05) is 21.1 Å². The molecule has 0 fully saturated rings. The van der Waals surface area contributed by atoms with E-state index in [1.165, 1.54) is 11.2 Å². The van der Waals surface area contributed by atoms with Crippen molar-refractivity contribution in [1.82, 2.24) is 14.9 Å².